The predicted octanol–water partition coefficient (Wildman–Crippen LogP) is 3.36. The van der Waals surface area contributed by atoms with Crippen LogP contribution in [-0.2, 0) is 15.1 Å². The summed E-state index contributed by atoms with van der Waals surface area (Å²) in [7, 11) is 3.29. The van der Waals surface area contributed by atoms with Gasteiger partial charge in [0.2, 0.25) is 0 Å². The lowest BCUT2D eigenvalue weighted by Gasteiger charge is -2.37. The van der Waals surface area contributed by atoms with Crippen LogP contribution in [0, 0.1) is 12.7 Å². The molecule has 2 aromatic carbocycles. The number of likely N-dealkylation sites (N-methyl/N-ethyl adjacent to an activating group) is 1. The van der Waals surface area contributed by atoms with Crippen molar-refractivity contribution in [1.29, 1.82) is 0 Å². The van der Waals surface area contributed by atoms with Crippen molar-refractivity contribution >= 4 is 11.9 Å². The van der Waals surface area contributed by atoms with E-state index in [1.807, 2.05) is 25.1 Å². The first-order chi connectivity index (χ1) is 14.4. The third-order valence-electron chi connectivity index (χ3n) is 5.93. The minimum atomic E-state index is -1.12. The molecule has 30 heavy (non-hydrogen) atoms. The number of hydrogen-bond donors (Lipinski definition) is 1. The molecule has 6 nitrogen and oxygen atoms in total. The number of fused-ring (bicyclic) bond motifs is 2. The lowest BCUT2D eigenvalue weighted by atomic mass is 9.79. The fraction of sp³-hybridized carbons (Fsp3) is 0.391. The Balaban J connectivity index is 1.81. The van der Waals surface area contributed by atoms with Gasteiger partial charge in [-0.1, -0.05) is 12.1 Å². The van der Waals surface area contributed by atoms with Gasteiger partial charge >= 0.3 is 0 Å². The van der Waals surface area contributed by atoms with Crippen LogP contribution in [0.2, 0.25) is 0 Å². The molecular formula is C23H26FN3O3. The van der Waals surface area contributed by atoms with Crippen LogP contribution in [0.1, 0.15) is 30.4 Å². The number of aryl methyl sites for hydroxylation is 1. The molecule has 0 saturated carbocycles. The molecule has 7 heteroatoms. The first kappa shape index (κ1) is 20.3. The minimum absolute atomic E-state index is 0.172. The quantitative estimate of drug-likeness (QED) is 0.766. The molecule has 0 aromatic heterocycles. The summed E-state index contributed by atoms with van der Waals surface area (Å²) in [6, 6.07) is 10.3. The first-order valence-corrected chi connectivity index (χ1v) is 10.1. The van der Waals surface area contributed by atoms with Gasteiger partial charge in [0.15, 0.2) is 11.5 Å². The van der Waals surface area contributed by atoms with Crippen LogP contribution >= 0.6 is 0 Å². The van der Waals surface area contributed by atoms with E-state index in [0.717, 1.165) is 29.5 Å². The molecule has 2 aliphatic heterocycles. The van der Waals surface area contributed by atoms with Crippen molar-refractivity contribution in [2.45, 2.75) is 37.8 Å². The van der Waals surface area contributed by atoms with Crippen LogP contribution in [0.15, 0.2) is 41.4 Å². The van der Waals surface area contributed by atoms with E-state index in [-0.39, 0.29) is 23.8 Å². The molecule has 2 N–H and O–H groups in total. The number of nitrogens with two attached hydrogens (primary N) is 1. The fourth-order valence-electron chi connectivity index (χ4n) is 4.31. The number of amides is 1. The van der Waals surface area contributed by atoms with E-state index in [0.29, 0.717) is 24.3 Å². The van der Waals surface area contributed by atoms with Crippen LogP contribution in [0.3, 0.4) is 0 Å². The van der Waals surface area contributed by atoms with Crippen LogP contribution in [0.5, 0.6) is 5.75 Å². The van der Waals surface area contributed by atoms with E-state index in [1.165, 1.54) is 17.0 Å². The highest BCUT2D eigenvalue weighted by Crippen LogP contribution is 2.47. The second kappa shape index (κ2) is 7.72. The van der Waals surface area contributed by atoms with E-state index in [9.17, 15) is 9.18 Å². The van der Waals surface area contributed by atoms with Gasteiger partial charge in [-0.15, -0.1) is 0 Å². The second-order valence-corrected chi connectivity index (χ2v) is 7.94. The van der Waals surface area contributed by atoms with Gasteiger partial charge in [-0.2, -0.15) is 0 Å². The van der Waals surface area contributed by atoms with Crippen molar-refractivity contribution in [1.82, 2.24) is 4.90 Å². The molecule has 0 saturated heterocycles. The van der Waals surface area contributed by atoms with Gasteiger partial charge in [0, 0.05) is 32.7 Å². The van der Waals surface area contributed by atoms with Crippen molar-refractivity contribution in [3.8, 4) is 16.9 Å². The SMILES string of the molecule is COCCC[C@@H]1C[C@]2(N=C(N)N(C)C2=O)c2cc(-c3cc(F)ccc3C)ccc2O1. The number of aliphatic imine (C=N–C) groups is 1. The van der Waals surface area contributed by atoms with Crippen LogP contribution in [0.25, 0.3) is 11.1 Å². The molecule has 0 unspecified atom stereocenters. The maximum atomic E-state index is 13.9. The molecule has 2 aromatic rings. The summed E-state index contributed by atoms with van der Waals surface area (Å²) in [5.74, 6) is 0.323. The standard InChI is InChI=1S/C23H26FN3O3/c1-14-6-8-16(24)12-18(14)15-7-9-20-19(11-15)23(21(28)27(2)22(25)26-23)13-17(30-20)5-4-10-29-3/h6-9,11-12,17H,4-5,10,13H2,1-3H3,(H2,25,26)/t17-,23+/m1/s1. The number of carbonyl (C=O) groups excluding carboxylic acids is 1. The number of methoxy groups -OCH3 is 1. The van der Waals surface area contributed by atoms with Crippen LogP contribution in [0.4, 0.5) is 4.39 Å². The normalized spacial score (nSPS) is 22.8. The smallest absolute Gasteiger partial charge is 0.261 e. The van der Waals surface area contributed by atoms with Gasteiger partial charge in [-0.05, 0) is 60.7 Å². The molecule has 0 bridgehead atoms. The number of ether oxygens (including phenoxy) is 2. The average molecular weight is 411 g/mol. The highest BCUT2D eigenvalue weighted by Gasteiger charge is 2.53. The highest BCUT2D eigenvalue weighted by atomic mass is 19.1. The Hall–Kier alpha value is -2.93. The lowest BCUT2D eigenvalue weighted by molar-refractivity contribution is -0.132. The van der Waals surface area contributed by atoms with Gasteiger partial charge in [0.1, 0.15) is 17.7 Å². The average Bonchev–Trinajstić information content (AvgIpc) is 2.94. The van der Waals surface area contributed by atoms with E-state index in [2.05, 4.69) is 4.99 Å². The highest BCUT2D eigenvalue weighted by molar-refractivity contribution is 6.07. The van der Waals surface area contributed by atoms with Crippen molar-refractivity contribution in [3.05, 3.63) is 53.3 Å². The topological polar surface area (TPSA) is 77.2 Å². The molecule has 158 valence electrons. The van der Waals surface area contributed by atoms with E-state index >= 15 is 0 Å². The third-order valence-corrected chi connectivity index (χ3v) is 5.93. The molecule has 2 heterocycles. The van der Waals surface area contributed by atoms with Gasteiger partial charge in [0.05, 0.1) is 0 Å². The minimum Gasteiger partial charge on any atom is -0.490 e. The molecule has 0 aliphatic carbocycles. The maximum absolute atomic E-state index is 13.9. The Bertz CT molecular complexity index is 1020. The molecule has 1 amide bonds. The number of carbonyl (C=O) groups is 1. The number of halogens is 1. The van der Waals surface area contributed by atoms with E-state index in [1.54, 1.807) is 20.2 Å². The Morgan fingerprint density at radius 1 is 1.33 bits per heavy atom. The third kappa shape index (κ3) is 3.33. The number of benzene rings is 2. The molecule has 0 radical (unpaired) electrons. The zero-order chi connectivity index (χ0) is 21.5. The largest absolute Gasteiger partial charge is 0.490 e. The summed E-state index contributed by atoms with van der Waals surface area (Å²) < 4.78 is 25.3. The zero-order valence-corrected chi connectivity index (χ0v) is 17.4. The molecule has 2 aliphatic rings. The van der Waals surface area contributed by atoms with Gasteiger partial charge in [-0.3, -0.25) is 9.69 Å². The summed E-state index contributed by atoms with van der Waals surface area (Å²) in [4.78, 5) is 19.3. The summed E-state index contributed by atoms with van der Waals surface area (Å²) in [6.45, 7) is 2.55. The second-order valence-electron chi connectivity index (χ2n) is 7.94. The zero-order valence-electron chi connectivity index (χ0n) is 17.4. The van der Waals surface area contributed by atoms with E-state index < -0.39 is 5.54 Å². The van der Waals surface area contributed by atoms with E-state index in [4.69, 9.17) is 15.2 Å². The summed E-state index contributed by atoms with van der Waals surface area (Å²) in [5.41, 5.74) is 8.10. The summed E-state index contributed by atoms with van der Waals surface area (Å²) in [5, 5.41) is 0. The number of nitrogens with zero attached hydrogens (tertiary/aromatic N) is 2. The maximum Gasteiger partial charge on any atom is 0.261 e. The Morgan fingerprint density at radius 3 is 2.83 bits per heavy atom. The summed E-state index contributed by atoms with van der Waals surface area (Å²) >= 11 is 0. The summed E-state index contributed by atoms with van der Waals surface area (Å²) in [6.07, 6.45) is 1.78. The molecule has 2 atom stereocenters. The van der Waals surface area contributed by atoms with Gasteiger partial charge < -0.3 is 15.2 Å². The monoisotopic (exact) mass is 411 g/mol. The Kier molecular flexibility index (Phi) is 5.24. The predicted molar refractivity (Wildman–Crippen MR) is 113 cm³/mol. The first-order valence-electron chi connectivity index (χ1n) is 10.1. The number of rotatable bonds is 5. The Morgan fingerprint density at radius 2 is 2.13 bits per heavy atom. The fourth-order valence-corrected chi connectivity index (χ4v) is 4.31. The van der Waals surface area contributed by atoms with Crippen molar-refractivity contribution < 1.29 is 18.7 Å². The van der Waals surface area contributed by atoms with Crippen molar-refractivity contribution in [2.75, 3.05) is 20.8 Å². The molecule has 0 fully saturated rings. The molecule has 1 spiro atoms. The number of hydrogen-bond acceptors (Lipinski definition) is 5. The Labute approximate surface area is 175 Å². The van der Waals surface area contributed by atoms with Crippen LogP contribution < -0.4 is 10.5 Å². The molecule has 4 rings (SSSR count). The van der Waals surface area contributed by atoms with Crippen molar-refractivity contribution in [2.24, 2.45) is 10.7 Å². The number of guanidine groups is 1. The van der Waals surface area contributed by atoms with Crippen LogP contribution in [-0.4, -0.2) is 43.6 Å². The molecular weight excluding hydrogens is 385 g/mol. The lowest BCUT2D eigenvalue weighted by Crippen LogP contribution is -2.45. The van der Waals surface area contributed by atoms with Crippen molar-refractivity contribution in [3.63, 3.8) is 0 Å². The van der Waals surface area contributed by atoms with Gasteiger partial charge in [-0.25, -0.2) is 9.38 Å². The van der Waals surface area contributed by atoms with Gasteiger partial charge in [0.25, 0.3) is 5.91 Å².